The lowest BCUT2D eigenvalue weighted by atomic mass is 9.87. The minimum atomic E-state index is -0.753. The Bertz CT molecular complexity index is 1430. The molecule has 39 heavy (non-hydrogen) atoms. The number of pyridine rings is 1. The van der Waals surface area contributed by atoms with Crippen LogP contribution in [0.15, 0.2) is 85.2 Å². The molecule has 1 unspecified atom stereocenters. The van der Waals surface area contributed by atoms with Gasteiger partial charge in [-0.15, -0.1) is 0 Å². The molecule has 200 valence electrons. The van der Waals surface area contributed by atoms with Crippen molar-refractivity contribution in [3.63, 3.8) is 0 Å². The second kappa shape index (κ2) is 12.4. The van der Waals surface area contributed by atoms with Gasteiger partial charge in [0.15, 0.2) is 11.6 Å². The van der Waals surface area contributed by atoms with E-state index in [-0.39, 0.29) is 22.8 Å². The Morgan fingerprint density at radius 2 is 1.82 bits per heavy atom. The van der Waals surface area contributed by atoms with E-state index in [1.807, 2.05) is 30.3 Å². The lowest BCUT2D eigenvalue weighted by Gasteiger charge is -2.27. The molecule has 1 saturated carbocycles. The van der Waals surface area contributed by atoms with Gasteiger partial charge < -0.3 is 15.8 Å². The third-order valence-electron chi connectivity index (χ3n) is 7.31. The Balaban J connectivity index is 1.56. The molecule has 1 aromatic heterocycles. The first kappa shape index (κ1) is 26.9. The van der Waals surface area contributed by atoms with Gasteiger partial charge in [0.25, 0.3) is 0 Å². The summed E-state index contributed by atoms with van der Waals surface area (Å²) in [5, 5.41) is 4.07. The molecule has 0 radical (unpaired) electrons. The molecule has 3 aromatic carbocycles. The summed E-state index contributed by atoms with van der Waals surface area (Å²) in [6.07, 6.45) is 9.20. The van der Waals surface area contributed by atoms with Crippen LogP contribution in [0.3, 0.4) is 0 Å². The number of hydrogen-bond donors (Lipinski definition) is 2. The summed E-state index contributed by atoms with van der Waals surface area (Å²) in [7, 11) is 0. The summed E-state index contributed by atoms with van der Waals surface area (Å²) in [6.45, 7) is 0.727. The average Bonchev–Trinajstić information content (AvgIpc) is 2.96. The Kier molecular flexibility index (Phi) is 8.54. The highest BCUT2D eigenvalue weighted by Gasteiger charge is 2.24. The summed E-state index contributed by atoms with van der Waals surface area (Å²) < 4.78 is 21.8. The van der Waals surface area contributed by atoms with Crippen molar-refractivity contribution in [3.05, 3.63) is 113 Å². The van der Waals surface area contributed by atoms with Crippen LogP contribution in [0.25, 0.3) is 11.1 Å². The van der Waals surface area contributed by atoms with Crippen LogP contribution in [-0.2, 0) is 0 Å². The molecule has 0 bridgehead atoms. The molecule has 1 fully saturated rings. The molecule has 4 aromatic rings. The van der Waals surface area contributed by atoms with Gasteiger partial charge in [0.05, 0.1) is 11.8 Å². The molecule has 1 amide bonds. The lowest BCUT2D eigenvalue weighted by Crippen LogP contribution is -2.34. The van der Waals surface area contributed by atoms with Crippen molar-refractivity contribution >= 4 is 17.5 Å². The van der Waals surface area contributed by atoms with Crippen LogP contribution in [-0.4, -0.2) is 23.5 Å². The highest BCUT2D eigenvalue weighted by Crippen LogP contribution is 2.40. The van der Waals surface area contributed by atoms with Crippen molar-refractivity contribution in [3.8, 4) is 22.6 Å². The second-order valence-electron chi connectivity index (χ2n) is 9.90. The van der Waals surface area contributed by atoms with Crippen molar-refractivity contribution < 1.29 is 13.9 Å². The van der Waals surface area contributed by atoms with E-state index in [9.17, 15) is 4.79 Å². The minimum Gasteiger partial charge on any atom is -0.453 e. The average molecular weight is 544 g/mol. The topological polar surface area (TPSA) is 77.2 Å². The van der Waals surface area contributed by atoms with Crippen molar-refractivity contribution in [1.29, 1.82) is 0 Å². The highest BCUT2D eigenvalue weighted by atomic mass is 35.5. The first-order valence-corrected chi connectivity index (χ1v) is 13.7. The van der Waals surface area contributed by atoms with Crippen molar-refractivity contribution in [2.24, 2.45) is 5.73 Å². The number of nitrogens with two attached hydrogens (primary N) is 1. The fourth-order valence-electron chi connectivity index (χ4n) is 5.29. The van der Waals surface area contributed by atoms with E-state index < -0.39 is 11.7 Å². The number of halogens is 2. The third kappa shape index (κ3) is 6.29. The van der Waals surface area contributed by atoms with Gasteiger partial charge in [0.1, 0.15) is 5.75 Å². The number of ether oxygens (including phenoxy) is 1. The van der Waals surface area contributed by atoms with Crippen molar-refractivity contribution in [2.45, 2.75) is 44.1 Å². The van der Waals surface area contributed by atoms with Gasteiger partial charge in [-0.25, -0.2) is 4.39 Å². The molecule has 1 aliphatic carbocycles. The van der Waals surface area contributed by atoms with Crippen LogP contribution >= 0.6 is 11.6 Å². The molecule has 5 rings (SSSR count). The van der Waals surface area contributed by atoms with Gasteiger partial charge in [-0.3, -0.25) is 9.78 Å². The van der Waals surface area contributed by atoms with Gasteiger partial charge in [-0.05, 0) is 60.4 Å². The molecule has 1 heterocycles. The molecular weight excluding hydrogens is 513 g/mol. The largest absolute Gasteiger partial charge is 0.453 e. The molecule has 0 spiro atoms. The minimum absolute atomic E-state index is 0.000872. The molecule has 0 aliphatic heterocycles. The normalized spacial score (nSPS) is 14.6. The summed E-state index contributed by atoms with van der Waals surface area (Å²) >= 11 is 6.66. The Hall–Kier alpha value is -3.74. The van der Waals surface area contributed by atoms with Gasteiger partial charge >= 0.3 is 0 Å². The van der Waals surface area contributed by atoms with Gasteiger partial charge in [0, 0.05) is 40.9 Å². The van der Waals surface area contributed by atoms with Crippen molar-refractivity contribution in [1.82, 2.24) is 10.3 Å². The third-order valence-corrected chi connectivity index (χ3v) is 7.64. The van der Waals surface area contributed by atoms with Gasteiger partial charge in [0.2, 0.25) is 5.91 Å². The van der Waals surface area contributed by atoms with E-state index in [4.69, 9.17) is 22.1 Å². The van der Waals surface area contributed by atoms with Crippen LogP contribution in [0.2, 0.25) is 5.02 Å². The van der Waals surface area contributed by atoms with E-state index in [0.717, 1.165) is 17.7 Å². The number of nitrogens with zero attached hydrogens (tertiary/aromatic N) is 1. The van der Waals surface area contributed by atoms with Crippen LogP contribution in [0, 0.1) is 5.82 Å². The maximum absolute atomic E-state index is 16.1. The lowest BCUT2D eigenvalue weighted by molar-refractivity contribution is 0.100. The van der Waals surface area contributed by atoms with E-state index in [2.05, 4.69) is 22.4 Å². The fourth-order valence-corrected chi connectivity index (χ4v) is 5.51. The predicted molar refractivity (Wildman–Crippen MR) is 153 cm³/mol. The van der Waals surface area contributed by atoms with Gasteiger partial charge in [-0.2, -0.15) is 0 Å². The van der Waals surface area contributed by atoms with E-state index >= 15 is 4.39 Å². The summed E-state index contributed by atoms with van der Waals surface area (Å²) in [4.78, 5) is 16.4. The Morgan fingerprint density at radius 3 is 2.54 bits per heavy atom. The first-order valence-electron chi connectivity index (χ1n) is 13.3. The highest BCUT2D eigenvalue weighted by molar-refractivity contribution is 6.33. The first-order chi connectivity index (χ1) is 19.0. The smallest absolute Gasteiger partial charge is 0.249 e. The maximum Gasteiger partial charge on any atom is 0.249 e. The number of hydrogen-bond acceptors (Lipinski definition) is 4. The SMILES string of the molecule is NC(=O)c1ccc(Oc2cccnc2)c(F)c1-c1cc(C(CNC2CCCCC2)c2ccccc2)ccc1Cl. The number of rotatable bonds is 9. The summed E-state index contributed by atoms with van der Waals surface area (Å²) in [5.41, 5.74) is 8.21. The number of aromatic nitrogens is 1. The summed E-state index contributed by atoms with van der Waals surface area (Å²) in [6, 6.07) is 22.5. The molecule has 0 saturated heterocycles. The molecular formula is C32H31ClFN3O2. The molecule has 1 atom stereocenters. The number of amides is 1. The summed E-state index contributed by atoms with van der Waals surface area (Å²) in [5.74, 6) is -1.16. The van der Waals surface area contributed by atoms with Crippen LogP contribution in [0.5, 0.6) is 11.5 Å². The van der Waals surface area contributed by atoms with Gasteiger partial charge in [-0.1, -0.05) is 67.3 Å². The molecule has 5 nitrogen and oxygen atoms in total. The monoisotopic (exact) mass is 543 g/mol. The number of nitrogens with one attached hydrogen (secondary N) is 1. The number of primary amides is 1. The quantitative estimate of drug-likeness (QED) is 0.229. The zero-order chi connectivity index (χ0) is 27.2. The maximum atomic E-state index is 16.1. The van der Waals surface area contributed by atoms with Crippen LogP contribution in [0.1, 0.15) is 59.5 Å². The van der Waals surface area contributed by atoms with Crippen molar-refractivity contribution in [2.75, 3.05) is 6.54 Å². The van der Waals surface area contributed by atoms with E-state index in [1.54, 1.807) is 24.4 Å². The van der Waals surface area contributed by atoms with E-state index in [1.165, 1.54) is 50.4 Å². The number of carbonyl (C=O) groups is 1. The standard InChI is InChI=1S/C32H31ClFN3O2/c33-28-15-13-22(27(21-8-3-1-4-9-21)20-37-23-10-5-2-6-11-23)18-26(28)30-25(32(35)38)14-16-29(31(30)34)39-24-12-7-17-36-19-24/h1,3-4,7-9,12-19,23,27,37H,2,5-6,10-11,20H2,(H2,35,38). The van der Waals surface area contributed by atoms with E-state index in [0.29, 0.717) is 22.4 Å². The number of carbonyl (C=O) groups excluding carboxylic acids is 1. The predicted octanol–water partition coefficient (Wildman–Crippen LogP) is 7.49. The zero-order valence-corrected chi connectivity index (χ0v) is 22.3. The molecule has 7 heteroatoms. The van der Waals surface area contributed by atoms with Crippen LogP contribution in [0.4, 0.5) is 4.39 Å². The van der Waals surface area contributed by atoms with Crippen LogP contribution < -0.4 is 15.8 Å². The Morgan fingerprint density at radius 1 is 1.03 bits per heavy atom. The fraction of sp³-hybridized carbons (Fsp3) is 0.250. The molecule has 3 N–H and O–H groups in total. The number of benzene rings is 3. The molecule has 1 aliphatic rings. The zero-order valence-electron chi connectivity index (χ0n) is 21.6. The Labute approximate surface area is 233 Å². The second-order valence-corrected chi connectivity index (χ2v) is 10.3.